The van der Waals surface area contributed by atoms with Gasteiger partial charge in [-0.05, 0) is 25.3 Å². The second-order valence-electron chi connectivity index (χ2n) is 5.30. The molecule has 0 saturated heterocycles. The number of carbonyl (C=O) groups is 1. The van der Waals surface area contributed by atoms with Crippen LogP contribution in [0.1, 0.15) is 57.2 Å². The number of ketones is 1. The summed E-state index contributed by atoms with van der Waals surface area (Å²) >= 11 is 0. The Morgan fingerprint density at radius 1 is 1.42 bits per heavy atom. The molecule has 0 bridgehead atoms. The lowest BCUT2D eigenvalue weighted by Crippen LogP contribution is -2.10. The molecule has 0 aliphatic heterocycles. The third-order valence-electron chi connectivity index (χ3n) is 3.61. The van der Waals surface area contributed by atoms with Crippen LogP contribution in [0.25, 0.3) is 0 Å². The highest BCUT2D eigenvalue weighted by atomic mass is 16.5. The number of hydrogen-bond donors (Lipinski definition) is 0. The quantitative estimate of drug-likeness (QED) is 0.678. The monoisotopic (exact) mass is 264 g/mol. The number of Topliss-reactive ketones (excluding diaryl/α,β-unsaturated/α-hetero) is 1. The van der Waals surface area contributed by atoms with E-state index in [1.165, 1.54) is 25.7 Å². The summed E-state index contributed by atoms with van der Waals surface area (Å²) in [5.41, 5.74) is 0.896. The number of nitrogens with zero attached hydrogens (tertiary/aromatic N) is 2. The Balaban J connectivity index is 1.74. The predicted molar refractivity (Wildman–Crippen MR) is 74.2 cm³/mol. The van der Waals surface area contributed by atoms with Crippen LogP contribution in [0.4, 0.5) is 0 Å². The minimum atomic E-state index is 0.216. The van der Waals surface area contributed by atoms with Crippen LogP contribution in [0.2, 0.25) is 0 Å². The molecule has 1 aliphatic carbocycles. The summed E-state index contributed by atoms with van der Waals surface area (Å²) in [5.74, 6) is 0.216. The molecular weight excluding hydrogens is 240 g/mol. The minimum absolute atomic E-state index is 0.216. The van der Waals surface area contributed by atoms with E-state index < -0.39 is 0 Å². The van der Waals surface area contributed by atoms with Gasteiger partial charge in [-0.2, -0.15) is 5.10 Å². The van der Waals surface area contributed by atoms with Gasteiger partial charge in [-0.1, -0.05) is 19.8 Å². The number of ether oxygens (including phenoxy) is 1. The Morgan fingerprint density at radius 3 is 2.95 bits per heavy atom. The summed E-state index contributed by atoms with van der Waals surface area (Å²) in [7, 11) is 0. The Morgan fingerprint density at radius 2 is 2.21 bits per heavy atom. The Hall–Kier alpha value is -1.16. The summed E-state index contributed by atoms with van der Waals surface area (Å²) < 4.78 is 7.38. The standard InChI is InChI=1S/C15H24N2O2/c1-2-10-19-11-8-15(18)12-13-7-9-17(16-13)14-5-3-4-6-14/h7,9,14H,2-6,8,10-12H2,1H3. The summed E-state index contributed by atoms with van der Waals surface area (Å²) in [6.07, 6.45) is 9.00. The zero-order chi connectivity index (χ0) is 13.5. The fraction of sp³-hybridized carbons (Fsp3) is 0.733. The Kier molecular flexibility index (Phi) is 5.58. The van der Waals surface area contributed by atoms with E-state index in [0.717, 1.165) is 18.7 Å². The van der Waals surface area contributed by atoms with Crippen molar-refractivity contribution in [1.29, 1.82) is 0 Å². The highest BCUT2D eigenvalue weighted by Crippen LogP contribution is 2.28. The van der Waals surface area contributed by atoms with Crippen LogP contribution in [0.15, 0.2) is 12.3 Å². The highest BCUT2D eigenvalue weighted by Gasteiger charge is 2.17. The van der Waals surface area contributed by atoms with Crippen molar-refractivity contribution in [1.82, 2.24) is 9.78 Å². The molecule has 0 spiro atoms. The average Bonchev–Trinajstić information content (AvgIpc) is 3.04. The molecule has 106 valence electrons. The Bertz CT molecular complexity index is 395. The molecule has 0 radical (unpaired) electrons. The maximum atomic E-state index is 11.8. The number of aromatic nitrogens is 2. The van der Waals surface area contributed by atoms with Crippen molar-refractivity contribution in [2.75, 3.05) is 13.2 Å². The van der Waals surface area contributed by atoms with Crippen LogP contribution in [0, 0.1) is 0 Å². The molecule has 19 heavy (non-hydrogen) atoms. The van der Waals surface area contributed by atoms with Gasteiger partial charge in [-0.15, -0.1) is 0 Å². The zero-order valence-electron chi connectivity index (χ0n) is 11.8. The van der Waals surface area contributed by atoms with Crippen LogP contribution in [-0.4, -0.2) is 28.8 Å². The van der Waals surface area contributed by atoms with Crippen LogP contribution in [0.5, 0.6) is 0 Å². The van der Waals surface area contributed by atoms with Gasteiger partial charge in [0.05, 0.1) is 24.8 Å². The highest BCUT2D eigenvalue weighted by molar-refractivity contribution is 5.80. The van der Waals surface area contributed by atoms with E-state index in [1.807, 2.05) is 16.9 Å². The van der Waals surface area contributed by atoms with Gasteiger partial charge in [-0.25, -0.2) is 0 Å². The predicted octanol–water partition coefficient (Wildman–Crippen LogP) is 2.93. The SMILES string of the molecule is CCCOCCC(=O)Cc1ccn(C2CCCC2)n1. The van der Waals surface area contributed by atoms with Gasteiger partial charge >= 0.3 is 0 Å². The van der Waals surface area contributed by atoms with E-state index >= 15 is 0 Å². The van der Waals surface area contributed by atoms with Crippen LogP contribution < -0.4 is 0 Å². The normalized spacial score (nSPS) is 16.1. The first-order valence-corrected chi connectivity index (χ1v) is 7.43. The van der Waals surface area contributed by atoms with Crippen LogP contribution in [0.3, 0.4) is 0 Å². The van der Waals surface area contributed by atoms with Gasteiger partial charge in [-0.3, -0.25) is 9.48 Å². The molecule has 0 aromatic carbocycles. The smallest absolute Gasteiger partial charge is 0.141 e. The summed E-state index contributed by atoms with van der Waals surface area (Å²) in [6.45, 7) is 3.34. The summed E-state index contributed by atoms with van der Waals surface area (Å²) in [4.78, 5) is 11.8. The molecule has 0 amide bonds. The topological polar surface area (TPSA) is 44.1 Å². The largest absolute Gasteiger partial charge is 0.381 e. The van der Waals surface area contributed by atoms with Gasteiger partial charge in [0.1, 0.15) is 5.78 Å². The third kappa shape index (κ3) is 4.46. The summed E-state index contributed by atoms with van der Waals surface area (Å²) in [6, 6.07) is 2.53. The van der Waals surface area contributed by atoms with Crippen molar-refractivity contribution in [3.05, 3.63) is 18.0 Å². The van der Waals surface area contributed by atoms with E-state index in [4.69, 9.17) is 4.74 Å². The van der Waals surface area contributed by atoms with Gasteiger partial charge in [0, 0.05) is 19.2 Å². The van der Waals surface area contributed by atoms with E-state index in [2.05, 4.69) is 12.0 Å². The molecule has 0 atom stereocenters. The lowest BCUT2D eigenvalue weighted by molar-refractivity contribution is -0.119. The van der Waals surface area contributed by atoms with Gasteiger partial charge in [0.2, 0.25) is 0 Å². The second-order valence-corrected chi connectivity index (χ2v) is 5.30. The number of rotatable bonds is 8. The van der Waals surface area contributed by atoms with Crippen LogP contribution in [-0.2, 0) is 16.0 Å². The fourth-order valence-electron chi connectivity index (χ4n) is 2.57. The van der Waals surface area contributed by atoms with Crippen LogP contribution >= 0.6 is 0 Å². The van der Waals surface area contributed by atoms with Gasteiger partial charge in [0.15, 0.2) is 0 Å². The molecule has 1 aromatic heterocycles. The third-order valence-corrected chi connectivity index (χ3v) is 3.61. The molecule has 4 heteroatoms. The molecule has 1 heterocycles. The minimum Gasteiger partial charge on any atom is -0.381 e. The van der Waals surface area contributed by atoms with Gasteiger partial charge in [0.25, 0.3) is 0 Å². The molecular formula is C15H24N2O2. The van der Waals surface area contributed by atoms with Gasteiger partial charge < -0.3 is 4.74 Å². The maximum absolute atomic E-state index is 11.8. The molecule has 1 fully saturated rings. The molecule has 2 rings (SSSR count). The lowest BCUT2D eigenvalue weighted by Gasteiger charge is -2.08. The van der Waals surface area contributed by atoms with E-state index in [0.29, 0.717) is 25.5 Å². The molecule has 1 aliphatic rings. The van der Waals surface area contributed by atoms with E-state index in [-0.39, 0.29) is 5.78 Å². The van der Waals surface area contributed by atoms with Crippen molar-refractivity contribution >= 4 is 5.78 Å². The number of carbonyl (C=O) groups excluding carboxylic acids is 1. The lowest BCUT2D eigenvalue weighted by atomic mass is 10.2. The molecule has 1 aromatic rings. The van der Waals surface area contributed by atoms with Crippen molar-refractivity contribution in [3.8, 4) is 0 Å². The molecule has 1 saturated carbocycles. The first-order chi connectivity index (χ1) is 9.29. The van der Waals surface area contributed by atoms with E-state index in [1.54, 1.807) is 0 Å². The van der Waals surface area contributed by atoms with Crippen molar-refractivity contribution in [2.45, 2.75) is 57.9 Å². The molecule has 0 unspecified atom stereocenters. The average molecular weight is 264 g/mol. The summed E-state index contributed by atoms with van der Waals surface area (Å²) in [5, 5.41) is 4.53. The van der Waals surface area contributed by atoms with Crippen molar-refractivity contribution in [2.24, 2.45) is 0 Å². The zero-order valence-corrected chi connectivity index (χ0v) is 11.8. The molecule has 4 nitrogen and oxygen atoms in total. The Labute approximate surface area is 115 Å². The maximum Gasteiger partial charge on any atom is 0.141 e. The van der Waals surface area contributed by atoms with E-state index in [9.17, 15) is 4.79 Å². The molecule has 0 N–H and O–H groups in total. The van der Waals surface area contributed by atoms with Crippen molar-refractivity contribution < 1.29 is 9.53 Å². The second kappa shape index (κ2) is 7.43. The first kappa shape index (κ1) is 14.3. The first-order valence-electron chi connectivity index (χ1n) is 7.43. The fourth-order valence-corrected chi connectivity index (χ4v) is 2.57. The van der Waals surface area contributed by atoms with Crippen molar-refractivity contribution in [3.63, 3.8) is 0 Å². The number of hydrogen-bond acceptors (Lipinski definition) is 3.